The van der Waals surface area contributed by atoms with Crippen LogP contribution < -0.4 is 11.0 Å². The van der Waals surface area contributed by atoms with E-state index in [4.69, 9.17) is 16.3 Å². The Morgan fingerprint density at radius 1 is 1.19 bits per heavy atom. The second-order valence-corrected chi connectivity index (χ2v) is 6.86. The Kier molecular flexibility index (Phi) is 4.38. The maximum atomic E-state index is 12.8. The van der Waals surface area contributed by atoms with Gasteiger partial charge in [-0.1, -0.05) is 23.7 Å². The monoisotopic (exact) mass is 370 g/mol. The van der Waals surface area contributed by atoms with Crippen molar-refractivity contribution in [2.45, 2.75) is 31.9 Å². The molecular formula is C19H19ClN4O2. The Labute approximate surface area is 155 Å². The molecule has 0 saturated heterocycles. The first kappa shape index (κ1) is 17.0. The molecule has 4 rings (SSSR count). The Bertz CT molecular complexity index is 1030. The van der Waals surface area contributed by atoms with E-state index in [1.54, 1.807) is 19.2 Å². The van der Waals surface area contributed by atoms with Crippen molar-refractivity contribution in [1.29, 1.82) is 0 Å². The van der Waals surface area contributed by atoms with Crippen LogP contribution in [0.3, 0.4) is 0 Å². The lowest BCUT2D eigenvalue weighted by Gasteiger charge is -2.36. The molecule has 134 valence electrons. The summed E-state index contributed by atoms with van der Waals surface area (Å²) < 4.78 is 6.90. The van der Waals surface area contributed by atoms with E-state index in [9.17, 15) is 4.79 Å². The van der Waals surface area contributed by atoms with Gasteiger partial charge in [-0.3, -0.25) is 0 Å². The Morgan fingerprint density at radius 2 is 2.00 bits per heavy atom. The van der Waals surface area contributed by atoms with Crippen molar-refractivity contribution in [2.24, 2.45) is 0 Å². The minimum atomic E-state index is -0.417. The lowest BCUT2D eigenvalue weighted by Crippen LogP contribution is -2.44. The molecule has 0 unspecified atom stereocenters. The number of nitrogens with zero attached hydrogens (tertiary/aromatic N) is 3. The number of pyridine rings is 1. The van der Waals surface area contributed by atoms with Crippen LogP contribution in [0, 0.1) is 6.92 Å². The summed E-state index contributed by atoms with van der Waals surface area (Å²) in [7, 11) is 1.70. The average Bonchev–Trinajstić information content (AvgIpc) is 2.60. The Balaban J connectivity index is 1.91. The van der Waals surface area contributed by atoms with Gasteiger partial charge < -0.3 is 10.1 Å². The van der Waals surface area contributed by atoms with Crippen molar-refractivity contribution >= 4 is 28.5 Å². The second-order valence-electron chi connectivity index (χ2n) is 6.46. The largest absolute Gasteiger partial charge is 0.379 e. The molecule has 1 aliphatic rings. The first-order valence-corrected chi connectivity index (χ1v) is 8.91. The third-order valence-electron chi connectivity index (χ3n) is 4.81. The van der Waals surface area contributed by atoms with Gasteiger partial charge in [0.05, 0.1) is 28.2 Å². The van der Waals surface area contributed by atoms with Crippen LogP contribution >= 0.6 is 11.6 Å². The molecule has 0 radical (unpaired) electrons. The summed E-state index contributed by atoms with van der Waals surface area (Å²) in [5, 5.41) is 4.60. The van der Waals surface area contributed by atoms with E-state index in [0.717, 1.165) is 23.9 Å². The molecule has 26 heavy (non-hydrogen) atoms. The van der Waals surface area contributed by atoms with Crippen LogP contribution in [0.5, 0.6) is 0 Å². The summed E-state index contributed by atoms with van der Waals surface area (Å²) in [5.41, 5.74) is 1.50. The molecule has 0 amide bonds. The quantitative estimate of drug-likeness (QED) is 0.762. The van der Waals surface area contributed by atoms with Crippen molar-refractivity contribution in [1.82, 2.24) is 14.5 Å². The smallest absolute Gasteiger partial charge is 0.355 e. The van der Waals surface area contributed by atoms with E-state index in [1.165, 1.54) is 4.57 Å². The van der Waals surface area contributed by atoms with Crippen molar-refractivity contribution in [3.63, 3.8) is 0 Å². The van der Waals surface area contributed by atoms with E-state index in [0.29, 0.717) is 22.2 Å². The van der Waals surface area contributed by atoms with Crippen LogP contribution in [0.4, 0.5) is 5.82 Å². The van der Waals surface area contributed by atoms with E-state index in [-0.39, 0.29) is 12.1 Å². The SMILES string of the molecule is CO[C@H]1CC[C@@H]1Nc1nc(=O)n(-c2ccccc2Cl)c2nc(C)ccc12. The first-order chi connectivity index (χ1) is 12.6. The van der Waals surface area contributed by atoms with Crippen LogP contribution in [0.25, 0.3) is 16.7 Å². The van der Waals surface area contributed by atoms with Gasteiger partial charge in [-0.25, -0.2) is 14.3 Å². The lowest BCUT2D eigenvalue weighted by atomic mass is 9.89. The molecule has 2 atom stereocenters. The molecule has 2 aromatic heterocycles. The summed E-state index contributed by atoms with van der Waals surface area (Å²) in [6.45, 7) is 1.89. The van der Waals surface area contributed by atoms with Gasteiger partial charge >= 0.3 is 5.69 Å². The average molecular weight is 371 g/mol. The molecule has 3 aromatic rings. The maximum absolute atomic E-state index is 12.8. The van der Waals surface area contributed by atoms with Gasteiger partial charge in [0.1, 0.15) is 5.82 Å². The van der Waals surface area contributed by atoms with E-state index in [2.05, 4.69) is 15.3 Å². The van der Waals surface area contributed by atoms with Crippen molar-refractivity contribution in [3.05, 3.63) is 57.6 Å². The molecule has 6 nitrogen and oxygen atoms in total. The third-order valence-corrected chi connectivity index (χ3v) is 5.13. The second kappa shape index (κ2) is 6.70. The molecule has 7 heteroatoms. The number of halogens is 1. The fourth-order valence-corrected chi connectivity index (χ4v) is 3.47. The van der Waals surface area contributed by atoms with Crippen molar-refractivity contribution in [3.8, 4) is 5.69 Å². The number of aryl methyl sites for hydroxylation is 1. The Morgan fingerprint density at radius 3 is 2.69 bits per heavy atom. The number of aromatic nitrogens is 3. The van der Waals surface area contributed by atoms with E-state index < -0.39 is 5.69 Å². The van der Waals surface area contributed by atoms with E-state index in [1.807, 2.05) is 31.2 Å². The minimum absolute atomic E-state index is 0.135. The van der Waals surface area contributed by atoms with Crippen LogP contribution in [-0.2, 0) is 4.74 Å². The molecule has 1 aliphatic carbocycles. The summed E-state index contributed by atoms with van der Waals surface area (Å²) in [5.74, 6) is 0.535. The van der Waals surface area contributed by atoms with Crippen molar-refractivity contribution < 1.29 is 4.74 Å². The summed E-state index contributed by atoms with van der Waals surface area (Å²) in [6, 6.07) is 11.2. The molecule has 1 aromatic carbocycles. The molecule has 2 heterocycles. The predicted octanol–water partition coefficient (Wildman–Crippen LogP) is 3.33. The van der Waals surface area contributed by atoms with Gasteiger partial charge in [-0.2, -0.15) is 4.98 Å². The highest BCUT2D eigenvalue weighted by Crippen LogP contribution is 2.29. The molecule has 1 N–H and O–H groups in total. The highest BCUT2D eigenvalue weighted by atomic mass is 35.5. The number of methoxy groups -OCH3 is 1. The minimum Gasteiger partial charge on any atom is -0.379 e. The highest BCUT2D eigenvalue weighted by Gasteiger charge is 2.31. The van der Waals surface area contributed by atoms with Gasteiger partial charge in [0, 0.05) is 12.8 Å². The molecule has 0 spiro atoms. The predicted molar refractivity (Wildman–Crippen MR) is 102 cm³/mol. The normalized spacial score (nSPS) is 19.3. The number of benzene rings is 1. The zero-order valence-corrected chi connectivity index (χ0v) is 15.3. The van der Waals surface area contributed by atoms with E-state index >= 15 is 0 Å². The highest BCUT2D eigenvalue weighted by molar-refractivity contribution is 6.32. The standard InChI is InChI=1S/C19H19ClN4O2/c1-11-7-8-12-17(22-14-9-10-16(14)26-2)23-19(25)24(18(12)21-11)15-6-4-3-5-13(15)20/h3-8,14,16H,9-10H2,1-2H3,(H,22,23,25)/t14-,16-/m0/s1. The number of fused-ring (bicyclic) bond motifs is 1. The zero-order chi connectivity index (χ0) is 18.3. The van der Waals surface area contributed by atoms with Crippen molar-refractivity contribution in [2.75, 3.05) is 12.4 Å². The fraction of sp³-hybridized carbons (Fsp3) is 0.316. The number of hydrogen-bond donors (Lipinski definition) is 1. The topological polar surface area (TPSA) is 69.0 Å². The van der Waals surface area contributed by atoms with Gasteiger partial charge in [0.2, 0.25) is 0 Å². The zero-order valence-electron chi connectivity index (χ0n) is 14.6. The maximum Gasteiger partial charge on any atom is 0.355 e. The molecule has 0 aliphatic heterocycles. The van der Waals surface area contributed by atoms with Crippen LogP contribution in [-0.4, -0.2) is 33.8 Å². The van der Waals surface area contributed by atoms with Gasteiger partial charge in [0.15, 0.2) is 5.65 Å². The van der Waals surface area contributed by atoms with Gasteiger partial charge in [-0.05, 0) is 44.0 Å². The van der Waals surface area contributed by atoms with Crippen LogP contribution in [0.2, 0.25) is 5.02 Å². The fourth-order valence-electron chi connectivity index (χ4n) is 3.25. The first-order valence-electron chi connectivity index (χ1n) is 8.53. The summed E-state index contributed by atoms with van der Waals surface area (Å²) in [4.78, 5) is 21.7. The van der Waals surface area contributed by atoms with Crippen LogP contribution in [0.15, 0.2) is 41.2 Å². The Hall–Kier alpha value is -2.44. The van der Waals surface area contributed by atoms with Gasteiger partial charge in [0.25, 0.3) is 0 Å². The number of anilines is 1. The van der Waals surface area contributed by atoms with Crippen LogP contribution in [0.1, 0.15) is 18.5 Å². The number of hydrogen-bond acceptors (Lipinski definition) is 5. The third kappa shape index (κ3) is 2.85. The molecular weight excluding hydrogens is 352 g/mol. The number of para-hydroxylation sites is 1. The molecule has 1 fully saturated rings. The molecule has 0 bridgehead atoms. The van der Waals surface area contributed by atoms with Gasteiger partial charge in [-0.15, -0.1) is 0 Å². The number of rotatable bonds is 4. The lowest BCUT2D eigenvalue weighted by molar-refractivity contribution is 0.0285. The summed E-state index contributed by atoms with van der Waals surface area (Å²) >= 11 is 6.32. The number of nitrogens with one attached hydrogen (secondary N) is 1. The molecule has 1 saturated carbocycles. The summed E-state index contributed by atoms with van der Waals surface area (Å²) in [6.07, 6.45) is 2.12. The number of ether oxygens (including phenoxy) is 1.